The number of rotatable bonds is 3. The molecule has 0 atom stereocenters. The average Bonchev–Trinajstić information content (AvgIpc) is 2.88. The number of fused-ring (bicyclic) bond motifs is 4. The molecule has 5 aromatic rings. The van der Waals surface area contributed by atoms with Gasteiger partial charge in [-0.25, -0.2) is 0 Å². The summed E-state index contributed by atoms with van der Waals surface area (Å²) in [5, 5.41) is 11.1. The summed E-state index contributed by atoms with van der Waals surface area (Å²) in [5.41, 5.74) is 0.687. The van der Waals surface area contributed by atoms with E-state index in [9.17, 15) is 14.7 Å². The molecule has 0 spiro atoms. The summed E-state index contributed by atoms with van der Waals surface area (Å²) in [6.07, 6.45) is 0. The van der Waals surface area contributed by atoms with E-state index < -0.39 is 5.92 Å². The van der Waals surface area contributed by atoms with E-state index in [1.807, 2.05) is 0 Å². The molecule has 1 aliphatic heterocycles. The van der Waals surface area contributed by atoms with Gasteiger partial charge in [0.2, 0.25) is 16.6 Å². The highest BCUT2D eigenvalue weighted by Gasteiger charge is 2.39. The molecule has 0 bridgehead atoms. The van der Waals surface area contributed by atoms with Gasteiger partial charge in [0.05, 0.1) is 42.0 Å². The van der Waals surface area contributed by atoms with Crippen LogP contribution in [0.3, 0.4) is 0 Å². The molecule has 1 aliphatic rings. The number of phenols is 1. The highest BCUT2D eigenvalue weighted by Crippen LogP contribution is 2.49. The predicted molar refractivity (Wildman–Crippen MR) is 127 cm³/mol. The molecule has 0 radical (unpaired) electrons. The van der Waals surface area contributed by atoms with Gasteiger partial charge < -0.3 is 28.2 Å². The Labute approximate surface area is 197 Å². The molecule has 6 rings (SSSR count). The van der Waals surface area contributed by atoms with Crippen LogP contribution < -0.4 is 25.1 Å². The number of para-hydroxylation sites is 2. The van der Waals surface area contributed by atoms with Crippen molar-refractivity contribution in [3.05, 3.63) is 97.8 Å². The lowest BCUT2D eigenvalue weighted by molar-refractivity contribution is 0.266. The zero-order valence-corrected chi connectivity index (χ0v) is 18.7. The van der Waals surface area contributed by atoms with E-state index in [-0.39, 0.29) is 51.1 Å². The molecule has 35 heavy (non-hydrogen) atoms. The normalized spacial score (nSPS) is 12.7. The lowest BCUT2D eigenvalue weighted by Crippen LogP contribution is -2.26. The standard InChI is InChI=1S/C27H18O8/c1-31-18-11-13(12-19(32-2)25(18)30)20-21-23(28)14-7-3-5-9-16(14)33-26(21)35-27-22(20)24(29)15-8-4-6-10-17(15)34-27/h3-12,20,30H,1-2H3. The van der Waals surface area contributed by atoms with Crippen LogP contribution in [0.2, 0.25) is 0 Å². The molecular formula is C27H18O8. The van der Waals surface area contributed by atoms with Crippen molar-refractivity contribution in [1.82, 2.24) is 0 Å². The van der Waals surface area contributed by atoms with Crippen LogP contribution >= 0.6 is 0 Å². The minimum Gasteiger partial charge on any atom is -0.502 e. The van der Waals surface area contributed by atoms with Gasteiger partial charge in [0.25, 0.3) is 0 Å². The van der Waals surface area contributed by atoms with Crippen molar-refractivity contribution in [3.8, 4) is 29.1 Å². The Morgan fingerprint density at radius 3 is 1.66 bits per heavy atom. The molecule has 1 N–H and O–H groups in total. The monoisotopic (exact) mass is 470 g/mol. The molecule has 0 saturated carbocycles. The zero-order valence-electron chi connectivity index (χ0n) is 18.7. The Morgan fingerprint density at radius 2 is 1.20 bits per heavy atom. The molecule has 3 heterocycles. The Balaban J connectivity index is 1.76. The van der Waals surface area contributed by atoms with Gasteiger partial charge in [-0.05, 0) is 42.0 Å². The number of benzene rings is 3. The largest absolute Gasteiger partial charge is 0.502 e. The Kier molecular flexibility index (Phi) is 4.57. The van der Waals surface area contributed by atoms with Crippen LogP contribution in [-0.2, 0) is 0 Å². The fourth-order valence-corrected chi connectivity index (χ4v) is 4.56. The molecule has 0 amide bonds. The summed E-state index contributed by atoms with van der Waals surface area (Å²) in [5.74, 6) is -1.07. The van der Waals surface area contributed by atoms with E-state index in [1.54, 1.807) is 60.7 Å². The fourth-order valence-electron chi connectivity index (χ4n) is 4.56. The number of hydrogen-bond acceptors (Lipinski definition) is 8. The third kappa shape index (κ3) is 3.00. The first-order valence-corrected chi connectivity index (χ1v) is 10.8. The maximum atomic E-state index is 13.7. The molecule has 8 nitrogen and oxygen atoms in total. The van der Waals surface area contributed by atoms with Crippen molar-refractivity contribution in [3.63, 3.8) is 0 Å². The predicted octanol–water partition coefficient (Wildman–Crippen LogP) is 4.91. The molecular weight excluding hydrogens is 452 g/mol. The van der Waals surface area contributed by atoms with E-state index in [2.05, 4.69) is 0 Å². The van der Waals surface area contributed by atoms with Gasteiger partial charge >= 0.3 is 11.9 Å². The van der Waals surface area contributed by atoms with Gasteiger partial charge in [-0.2, -0.15) is 0 Å². The Bertz CT molecular complexity index is 1640. The zero-order chi connectivity index (χ0) is 24.3. The first kappa shape index (κ1) is 20.9. The summed E-state index contributed by atoms with van der Waals surface area (Å²) < 4.78 is 28.5. The highest BCUT2D eigenvalue weighted by atomic mass is 16.6. The highest BCUT2D eigenvalue weighted by molar-refractivity contribution is 5.81. The fraction of sp³-hybridized carbons (Fsp3) is 0.111. The minimum atomic E-state index is -0.945. The number of aromatic hydroxyl groups is 1. The average molecular weight is 470 g/mol. The maximum absolute atomic E-state index is 13.7. The van der Waals surface area contributed by atoms with E-state index in [0.29, 0.717) is 27.5 Å². The van der Waals surface area contributed by atoms with Crippen LogP contribution in [0.4, 0.5) is 0 Å². The number of methoxy groups -OCH3 is 2. The number of hydrogen-bond donors (Lipinski definition) is 1. The molecule has 3 aromatic carbocycles. The maximum Gasteiger partial charge on any atom is 0.301 e. The van der Waals surface area contributed by atoms with Crippen LogP contribution in [0.1, 0.15) is 22.6 Å². The number of phenolic OH excluding ortho intramolecular Hbond substituents is 1. The van der Waals surface area contributed by atoms with Crippen LogP contribution in [0.15, 0.2) is 79.1 Å². The van der Waals surface area contributed by atoms with E-state index in [0.717, 1.165) is 0 Å². The third-order valence-electron chi connectivity index (χ3n) is 6.20. The molecule has 0 saturated heterocycles. The molecule has 0 fully saturated rings. The first-order chi connectivity index (χ1) is 17.0. The topological polar surface area (TPSA) is 108 Å². The van der Waals surface area contributed by atoms with Crippen molar-refractivity contribution in [2.24, 2.45) is 0 Å². The summed E-state index contributed by atoms with van der Waals surface area (Å²) in [6, 6.07) is 16.7. The van der Waals surface area contributed by atoms with Crippen LogP contribution in [-0.4, -0.2) is 19.3 Å². The molecule has 174 valence electrons. The summed E-state index contributed by atoms with van der Waals surface area (Å²) in [6.45, 7) is 0. The van der Waals surface area contributed by atoms with Gasteiger partial charge in [-0.3, -0.25) is 9.59 Å². The third-order valence-corrected chi connectivity index (χ3v) is 6.20. The van der Waals surface area contributed by atoms with Crippen molar-refractivity contribution in [1.29, 1.82) is 0 Å². The lowest BCUT2D eigenvalue weighted by Gasteiger charge is -2.26. The molecule has 8 heteroatoms. The van der Waals surface area contributed by atoms with Gasteiger partial charge in [0, 0.05) is 0 Å². The second-order valence-electron chi connectivity index (χ2n) is 8.07. The van der Waals surface area contributed by atoms with Crippen molar-refractivity contribution >= 4 is 21.9 Å². The van der Waals surface area contributed by atoms with E-state index >= 15 is 0 Å². The second kappa shape index (κ2) is 7.66. The van der Waals surface area contributed by atoms with Gasteiger partial charge in [0.1, 0.15) is 11.2 Å². The summed E-state index contributed by atoms with van der Waals surface area (Å²) in [7, 11) is 2.79. The number of ether oxygens (including phenoxy) is 3. The van der Waals surface area contributed by atoms with E-state index in [4.69, 9.17) is 23.0 Å². The minimum absolute atomic E-state index is 0.0735. The Hall–Kier alpha value is -4.72. The van der Waals surface area contributed by atoms with Crippen molar-refractivity contribution in [2.45, 2.75) is 5.92 Å². The van der Waals surface area contributed by atoms with Crippen LogP contribution in [0, 0.1) is 0 Å². The summed E-state index contributed by atoms with van der Waals surface area (Å²) in [4.78, 5) is 27.5. The molecule has 0 aliphatic carbocycles. The van der Waals surface area contributed by atoms with Gasteiger partial charge in [-0.1, -0.05) is 24.3 Å². The Morgan fingerprint density at radius 1 is 0.743 bits per heavy atom. The molecule has 2 aromatic heterocycles. The summed E-state index contributed by atoms with van der Waals surface area (Å²) >= 11 is 0. The van der Waals surface area contributed by atoms with Crippen molar-refractivity contribution in [2.75, 3.05) is 14.2 Å². The first-order valence-electron chi connectivity index (χ1n) is 10.8. The molecule has 0 unspecified atom stereocenters. The van der Waals surface area contributed by atoms with Crippen LogP contribution in [0.25, 0.3) is 21.9 Å². The van der Waals surface area contributed by atoms with Gasteiger partial charge in [0.15, 0.2) is 11.5 Å². The van der Waals surface area contributed by atoms with Crippen LogP contribution in [0.5, 0.6) is 29.1 Å². The van der Waals surface area contributed by atoms with Crippen molar-refractivity contribution < 1.29 is 28.2 Å². The second-order valence-corrected chi connectivity index (χ2v) is 8.07. The quantitative estimate of drug-likeness (QED) is 0.389. The van der Waals surface area contributed by atoms with E-state index in [1.165, 1.54) is 14.2 Å². The lowest BCUT2D eigenvalue weighted by atomic mass is 9.83. The SMILES string of the molecule is COc1cc(C2c3c(oc4ccccc4c3=O)Oc3oc4ccccc4c(=O)c32)cc(OC)c1O. The smallest absolute Gasteiger partial charge is 0.301 e. The van der Waals surface area contributed by atoms with Gasteiger partial charge in [-0.15, -0.1) is 0 Å².